The highest BCUT2D eigenvalue weighted by Gasteiger charge is 2.14. The van der Waals surface area contributed by atoms with E-state index in [1.807, 2.05) is 0 Å². The van der Waals surface area contributed by atoms with E-state index in [0.29, 0.717) is 11.5 Å². The van der Waals surface area contributed by atoms with Gasteiger partial charge in [-0.2, -0.15) is 0 Å². The maximum absolute atomic E-state index is 11.6. The van der Waals surface area contributed by atoms with Crippen LogP contribution in [0.5, 0.6) is 0 Å². The monoisotopic (exact) mass is 220 g/mol. The smallest absolute Gasteiger partial charge is 0.254 e. The van der Waals surface area contributed by atoms with Crippen LogP contribution in [0.3, 0.4) is 0 Å². The summed E-state index contributed by atoms with van der Waals surface area (Å²) < 4.78 is 0. The van der Waals surface area contributed by atoms with Crippen LogP contribution < -0.4 is 10.6 Å². The molecule has 5 heteroatoms. The molecule has 1 fully saturated rings. The van der Waals surface area contributed by atoms with Gasteiger partial charge < -0.3 is 10.6 Å². The summed E-state index contributed by atoms with van der Waals surface area (Å²) in [6.07, 6.45) is 6.72. The summed E-state index contributed by atoms with van der Waals surface area (Å²) in [5, 5.41) is 6.19. The Bertz CT molecular complexity index is 335. The highest BCUT2D eigenvalue weighted by molar-refractivity contribution is 5.93. The van der Waals surface area contributed by atoms with E-state index in [1.54, 1.807) is 0 Å². The molecule has 1 aliphatic heterocycles. The molecule has 1 saturated heterocycles. The topological polar surface area (TPSA) is 66.9 Å². The third-order valence-electron chi connectivity index (χ3n) is 2.82. The maximum Gasteiger partial charge on any atom is 0.254 e. The predicted octanol–water partition coefficient (Wildman–Crippen LogP) is 0.206. The van der Waals surface area contributed by atoms with E-state index in [1.165, 1.54) is 25.1 Å². The van der Waals surface area contributed by atoms with Gasteiger partial charge >= 0.3 is 0 Å². The SMILES string of the molecule is O=C(NCCC1CCNC1)c1cncnc1. The molecule has 0 spiro atoms. The average Bonchev–Trinajstić information content (AvgIpc) is 2.83. The first-order valence-corrected chi connectivity index (χ1v) is 5.60. The number of hydrogen-bond donors (Lipinski definition) is 2. The number of carbonyl (C=O) groups excluding carboxylic acids is 1. The van der Waals surface area contributed by atoms with Crippen LogP contribution in [0, 0.1) is 5.92 Å². The number of nitrogens with one attached hydrogen (secondary N) is 2. The van der Waals surface area contributed by atoms with Gasteiger partial charge in [-0.3, -0.25) is 4.79 Å². The van der Waals surface area contributed by atoms with Gasteiger partial charge in [0.2, 0.25) is 0 Å². The zero-order chi connectivity index (χ0) is 11.2. The molecule has 1 amide bonds. The lowest BCUT2D eigenvalue weighted by atomic mass is 10.1. The maximum atomic E-state index is 11.6. The lowest BCUT2D eigenvalue weighted by Crippen LogP contribution is -2.26. The first-order chi connectivity index (χ1) is 7.86. The van der Waals surface area contributed by atoms with E-state index in [2.05, 4.69) is 20.6 Å². The molecule has 0 radical (unpaired) electrons. The molecule has 86 valence electrons. The van der Waals surface area contributed by atoms with Gasteiger partial charge in [0.05, 0.1) is 5.56 Å². The van der Waals surface area contributed by atoms with E-state index in [-0.39, 0.29) is 5.91 Å². The third kappa shape index (κ3) is 3.00. The van der Waals surface area contributed by atoms with Crippen LogP contribution in [0.2, 0.25) is 0 Å². The van der Waals surface area contributed by atoms with Crippen molar-refractivity contribution in [1.29, 1.82) is 0 Å². The zero-order valence-corrected chi connectivity index (χ0v) is 9.15. The molecule has 2 rings (SSSR count). The van der Waals surface area contributed by atoms with Crippen molar-refractivity contribution < 1.29 is 4.79 Å². The highest BCUT2D eigenvalue weighted by Crippen LogP contribution is 2.10. The number of rotatable bonds is 4. The van der Waals surface area contributed by atoms with Crippen molar-refractivity contribution in [3.63, 3.8) is 0 Å². The summed E-state index contributed by atoms with van der Waals surface area (Å²) in [6.45, 7) is 2.90. The molecule has 2 N–H and O–H groups in total. The molecule has 2 heterocycles. The number of nitrogens with zero attached hydrogens (tertiary/aromatic N) is 2. The van der Waals surface area contributed by atoms with Crippen LogP contribution in [0.4, 0.5) is 0 Å². The molecule has 5 nitrogen and oxygen atoms in total. The Morgan fingerprint density at radius 2 is 2.31 bits per heavy atom. The van der Waals surface area contributed by atoms with E-state index in [9.17, 15) is 4.79 Å². The molecule has 1 unspecified atom stereocenters. The second kappa shape index (κ2) is 5.55. The van der Waals surface area contributed by atoms with Crippen LogP contribution in [-0.2, 0) is 0 Å². The number of amides is 1. The number of aromatic nitrogens is 2. The Kier molecular flexibility index (Phi) is 3.82. The fourth-order valence-electron chi connectivity index (χ4n) is 1.87. The standard InChI is InChI=1S/C11H16N4O/c16-11(10-6-13-8-14-7-10)15-4-2-9-1-3-12-5-9/h6-9,12H,1-5H2,(H,15,16). The molecule has 0 saturated carbocycles. The molecule has 0 aromatic carbocycles. The fraction of sp³-hybridized carbons (Fsp3) is 0.545. The minimum absolute atomic E-state index is 0.0912. The van der Waals surface area contributed by atoms with Crippen molar-refractivity contribution >= 4 is 5.91 Å². The molecule has 16 heavy (non-hydrogen) atoms. The molecule has 0 aliphatic carbocycles. The van der Waals surface area contributed by atoms with Crippen molar-refractivity contribution in [3.05, 3.63) is 24.3 Å². The summed E-state index contributed by atoms with van der Waals surface area (Å²) in [5.74, 6) is 0.610. The van der Waals surface area contributed by atoms with E-state index < -0.39 is 0 Å². The van der Waals surface area contributed by atoms with E-state index >= 15 is 0 Å². The van der Waals surface area contributed by atoms with Crippen molar-refractivity contribution in [1.82, 2.24) is 20.6 Å². The summed E-state index contributed by atoms with van der Waals surface area (Å²) in [4.78, 5) is 19.2. The molecular formula is C11H16N4O. The molecule has 1 aromatic heterocycles. The van der Waals surface area contributed by atoms with Crippen molar-refractivity contribution in [2.24, 2.45) is 5.92 Å². The molecule has 1 aromatic rings. The Balaban J connectivity index is 1.71. The van der Waals surface area contributed by atoms with Crippen LogP contribution in [0.1, 0.15) is 23.2 Å². The van der Waals surface area contributed by atoms with Crippen LogP contribution in [0.25, 0.3) is 0 Å². The van der Waals surface area contributed by atoms with Gasteiger partial charge in [0.25, 0.3) is 5.91 Å². The summed E-state index contributed by atoms with van der Waals surface area (Å²) in [6, 6.07) is 0. The van der Waals surface area contributed by atoms with Gasteiger partial charge in [0, 0.05) is 18.9 Å². The first-order valence-electron chi connectivity index (χ1n) is 5.60. The van der Waals surface area contributed by atoms with Gasteiger partial charge in [-0.05, 0) is 31.8 Å². The molecule has 1 aliphatic rings. The van der Waals surface area contributed by atoms with E-state index in [4.69, 9.17) is 0 Å². The largest absolute Gasteiger partial charge is 0.352 e. The van der Waals surface area contributed by atoms with Crippen molar-refractivity contribution in [2.45, 2.75) is 12.8 Å². The van der Waals surface area contributed by atoms with Crippen LogP contribution in [0.15, 0.2) is 18.7 Å². The van der Waals surface area contributed by atoms with Gasteiger partial charge in [-0.25, -0.2) is 9.97 Å². The first kappa shape index (κ1) is 11.0. The normalized spacial score (nSPS) is 19.6. The third-order valence-corrected chi connectivity index (χ3v) is 2.82. The second-order valence-electron chi connectivity index (χ2n) is 4.03. The Labute approximate surface area is 94.7 Å². The molecular weight excluding hydrogens is 204 g/mol. The molecule has 0 bridgehead atoms. The summed E-state index contributed by atoms with van der Waals surface area (Å²) >= 11 is 0. The van der Waals surface area contributed by atoms with Crippen LogP contribution >= 0.6 is 0 Å². The quantitative estimate of drug-likeness (QED) is 0.761. The van der Waals surface area contributed by atoms with Gasteiger partial charge in [0.1, 0.15) is 6.33 Å². The Hall–Kier alpha value is -1.49. The van der Waals surface area contributed by atoms with E-state index in [0.717, 1.165) is 26.1 Å². The number of hydrogen-bond acceptors (Lipinski definition) is 4. The fourth-order valence-corrected chi connectivity index (χ4v) is 1.87. The Morgan fingerprint density at radius 3 is 3.00 bits per heavy atom. The minimum atomic E-state index is -0.0912. The zero-order valence-electron chi connectivity index (χ0n) is 9.15. The summed E-state index contributed by atoms with van der Waals surface area (Å²) in [5.41, 5.74) is 0.520. The lowest BCUT2D eigenvalue weighted by Gasteiger charge is -2.08. The second-order valence-corrected chi connectivity index (χ2v) is 4.03. The van der Waals surface area contributed by atoms with Gasteiger partial charge in [-0.1, -0.05) is 0 Å². The Morgan fingerprint density at radius 1 is 1.50 bits per heavy atom. The minimum Gasteiger partial charge on any atom is -0.352 e. The summed E-state index contributed by atoms with van der Waals surface area (Å²) in [7, 11) is 0. The van der Waals surface area contributed by atoms with Gasteiger partial charge in [0.15, 0.2) is 0 Å². The molecule has 1 atom stereocenters. The average molecular weight is 220 g/mol. The van der Waals surface area contributed by atoms with Gasteiger partial charge in [-0.15, -0.1) is 0 Å². The highest BCUT2D eigenvalue weighted by atomic mass is 16.1. The van der Waals surface area contributed by atoms with Crippen LogP contribution in [-0.4, -0.2) is 35.5 Å². The number of carbonyl (C=O) groups is 1. The van der Waals surface area contributed by atoms with Crippen molar-refractivity contribution in [3.8, 4) is 0 Å². The predicted molar refractivity (Wildman–Crippen MR) is 60.0 cm³/mol. The lowest BCUT2D eigenvalue weighted by molar-refractivity contribution is 0.0951. The van der Waals surface area contributed by atoms with Crippen molar-refractivity contribution in [2.75, 3.05) is 19.6 Å².